The summed E-state index contributed by atoms with van der Waals surface area (Å²) in [7, 11) is 3.08. The minimum absolute atomic E-state index is 0.104. The Bertz CT molecular complexity index is 1690. The highest BCUT2D eigenvalue weighted by Gasteiger charge is 2.34. The van der Waals surface area contributed by atoms with E-state index in [1.54, 1.807) is 25.4 Å². The maximum absolute atomic E-state index is 14.5. The van der Waals surface area contributed by atoms with Gasteiger partial charge in [-0.05, 0) is 78.1 Å². The number of pyridine rings is 1. The van der Waals surface area contributed by atoms with Crippen LogP contribution < -0.4 is 24.3 Å². The van der Waals surface area contributed by atoms with E-state index in [0.29, 0.717) is 53.7 Å². The molecule has 0 aliphatic carbocycles. The minimum Gasteiger partial charge on any atom is -0.494 e. The second kappa shape index (κ2) is 12.0. The number of benzene rings is 3. The van der Waals surface area contributed by atoms with Gasteiger partial charge >= 0.3 is 0 Å². The molecule has 1 atom stereocenters. The molecule has 0 radical (unpaired) electrons. The number of carbonyl (C=O) groups excluding carboxylic acids is 2. The second-order valence-corrected chi connectivity index (χ2v) is 10.2. The fourth-order valence-electron chi connectivity index (χ4n) is 5.52. The van der Waals surface area contributed by atoms with Crippen molar-refractivity contribution in [1.29, 1.82) is 0 Å². The van der Waals surface area contributed by atoms with Crippen molar-refractivity contribution in [1.82, 2.24) is 15.2 Å². The molecule has 220 valence electrons. The first-order chi connectivity index (χ1) is 21.0. The maximum atomic E-state index is 14.5. The van der Waals surface area contributed by atoms with Gasteiger partial charge in [0.15, 0.2) is 11.5 Å². The van der Waals surface area contributed by atoms with Crippen LogP contribution in [0, 0.1) is 5.82 Å². The third-order valence-corrected chi connectivity index (χ3v) is 7.62. The molecule has 3 aromatic carbocycles. The quantitative estimate of drug-likeness (QED) is 0.348. The van der Waals surface area contributed by atoms with E-state index < -0.39 is 17.8 Å². The Hall–Kier alpha value is -5.12. The average molecular weight is 584 g/mol. The summed E-state index contributed by atoms with van der Waals surface area (Å²) in [6, 6.07) is 16.6. The summed E-state index contributed by atoms with van der Waals surface area (Å²) in [5.74, 6) is 0.947. The zero-order valence-electron chi connectivity index (χ0n) is 23.8. The molecule has 7 rings (SSSR count). The number of halogens is 1. The fourth-order valence-corrected chi connectivity index (χ4v) is 5.52. The van der Waals surface area contributed by atoms with E-state index in [1.165, 1.54) is 31.5 Å². The number of hydrogen-bond donors (Lipinski definition) is 1. The molecule has 1 N–H and O–H groups in total. The van der Waals surface area contributed by atoms with Crippen LogP contribution in [-0.2, 0) is 6.42 Å². The van der Waals surface area contributed by atoms with Gasteiger partial charge < -0.3 is 29.2 Å². The van der Waals surface area contributed by atoms with E-state index in [2.05, 4.69) is 10.3 Å². The van der Waals surface area contributed by atoms with Crippen LogP contribution in [0.3, 0.4) is 0 Å². The number of methoxy groups -OCH3 is 2. The van der Waals surface area contributed by atoms with Crippen molar-refractivity contribution in [3.05, 3.63) is 107 Å². The average Bonchev–Trinajstić information content (AvgIpc) is 3.04. The number of nitrogens with one attached hydrogen (secondary N) is 1. The zero-order chi connectivity index (χ0) is 29.9. The van der Waals surface area contributed by atoms with Crippen molar-refractivity contribution in [3.63, 3.8) is 0 Å². The third kappa shape index (κ3) is 5.55. The molecule has 3 aliphatic heterocycles. The van der Waals surface area contributed by atoms with Crippen molar-refractivity contribution < 1.29 is 32.9 Å². The summed E-state index contributed by atoms with van der Waals surface area (Å²) in [5, 5.41) is 2.74. The standard InChI is InChI=1S/C33H30FN3O6/c1-40-28-9-4-21-17-29(28)42-15-3-12-36-32(38)26-18-23(6-8-27(26)34)43-22-5-7-24-20(16-22)11-14-37(31(21)24)33(39)25-10-13-35-19-30(25)41-2/h4-10,13,16-19,31H,3,11-12,14-15H2,1-2H3,(H,36,38). The van der Waals surface area contributed by atoms with Gasteiger partial charge in [-0.2, -0.15) is 0 Å². The van der Waals surface area contributed by atoms with Crippen molar-refractivity contribution in [2.24, 2.45) is 0 Å². The Morgan fingerprint density at radius 1 is 1.02 bits per heavy atom. The summed E-state index contributed by atoms with van der Waals surface area (Å²) >= 11 is 0. The molecule has 1 unspecified atom stereocenters. The number of aromatic nitrogens is 1. The molecule has 0 spiro atoms. The largest absolute Gasteiger partial charge is 0.494 e. The van der Waals surface area contributed by atoms with Gasteiger partial charge in [0.05, 0.1) is 44.2 Å². The van der Waals surface area contributed by atoms with E-state index in [0.717, 1.165) is 16.7 Å². The van der Waals surface area contributed by atoms with Gasteiger partial charge in [0.1, 0.15) is 23.1 Å². The lowest BCUT2D eigenvalue weighted by atomic mass is 9.87. The molecule has 9 nitrogen and oxygen atoms in total. The first-order valence-electron chi connectivity index (χ1n) is 13.9. The van der Waals surface area contributed by atoms with Crippen LogP contribution in [0.4, 0.5) is 4.39 Å². The molecule has 0 saturated carbocycles. The SMILES string of the molecule is COc1ccc2cc1OCCCNC(=O)c1cc(ccc1F)Oc1ccc3c(c1)CCN(C(=O)c1ccncc1OC)C23. The zero-order valence-corrected chi connectivity index (χ0v) is 23.8. The van der Waals surface area contributed by atoms with E-state index in [9.17, 15) is 14.0 Å². The summed E-state index contributed by atoms with van der Waals surface area (Å²) in [5.41, 5.74) is 3.07. The lowest BCUT2D eigenvalue weighted by Gasteiger charge is -2.38. The van der Waals surface area contributed by atoms with Crippen LogP contribution in [-0.4, -0.2) is 55.6 Å². The molecule has 4 aromatic rings. The highest BCUT2D eigenvalue weighted by atomic mass is 19.1. The number of carbonyl (C=O) groups is 2. The Kier molecular flexibility index (Phi) is 7.83. The van der Waals surface area contributed by atoms with Gasteiger partial charge in [-0.25, -0.2) is 4.39 Å². The maximum Gasteiger partial charge on any atom is 0.258 e. The predicted octanol–water partition coefficient (Wildman–Crippen LogP) is 5.33. The van der Waals surface area contributed by atoms with Gasteiger partial charge in [-0.15, -0.1) is 0 Å². The molecule has 1 aromatic heterocycles. The van der Waals surface area contributed by atoms with Crippen molar-refractivity contribution in [3.8, 4) is 28.7 Å². The van der Waals surface area contributed by atoms with Gasteiger partial charge in [0, 0.05) is 19.3 Å². The molecule has 0 saturated heterocycles. The third-order valence-electron chi connectivity index (χ3n) is 7.62. The molecular weight excluding hydrogens is 553 g/mol. The second-order valence-electron chi connectivity index (χ2n) is 10.2. The Balaban J connectivity index is 1.47. The summed E-state index contributed by atoms with van der Waals surface area (Å²) < 4.78 is 37.7. The molecule has 2 amide bonds. The van der Waals surface area contributed by atoms with Crippen molar-refractivity contribution in [2.45, 2.75) is 18.9 Å². The Labute approximate surface area is 248 Å². The highest BCUT2D eigenvalue weighted by molar-refractivity contribution is 5.97. The van der Waals surface area contributed by atoms with Crippen molar-refractivity contribution in [2.75, 3.05) is 33.9 Å². The summed E-state index contributed by atoms with van der Waals surface area (Å²) in [4.78, 5) is 32.7. The fraction of sp³-hybridized carbons (Fsp3) is 0.242. The molecule has 8 bridgehead atoms. The topological polar surface area (TPSA) is 99.2 Å². The van der Waals surface area contributed by atoms with Crippen LogP contribution in [0.25, 0.3) is 0 Å². The molecular formula is C33H30FN3O6. The van der Waals surface area contributed by atoms with Gasteiger partial charge in [-0.1, -0.05) is 12.1 Å². The van der Waals surface area contributed by atoms with Crippen LogP contribution in [0.2, 0.25) is 0 Å². The highest BCUT2D eigenvalue weighted by Crippen LogP contribution is 2.41. The van der Waals surface area contributed by atoms with Gasteiger partial charge in [-0.3, -0.25) is 14.6 Å². The normalized spacial score (nSPS) is 16.2. The summed E-state index contributed by atoms with van der Waals surface area (Å²) in [6.45, 7) is 0.968. The molecule has 0 fully saturated rings. The number of rotatable bonds is 3. The lowest BCUT2D eigenvalue weighted by molar-refractivity contribution is 0.0690. The van der Waals surface area contributed by atoms with Crippen LogP contribution >= 0.6 is 0 Å². The smallest absolute Gasteiger partial charge is 0.258 e. The van der Waals surface area contributed by atoms with E-state index >= 15 is 0 Å². The van der Waals surface area contributed by atoms with Crippen LogP contribution in [0.5, 0.6) is 28.7 Å². The number of nitrogens with zero attached hydrogens (tertiary/aromatic N) is 2. The molecule has 10 heteroatoms. The van der Waals surface area contributed by atoms with Crippen LogP contribution in [0.15, 0.2) is 73.1 Å². The minimum atomic E-state index is -0.638. The number of hydrogen-bond acceptors (Lipinski definition) is 7. The Morgan fingerprint density at radius 3 is 2.67 bits per heavy atom. The first kappa shape index (κ1) is 28.0. The monoisotopic (exact) mass is 583 g/mol. The van der Waals surface area contributed by atoms with Gasteiger partial charge in [0.2, 0.25) is 0 Å². The van der Waals surface area contributed by atoms with E-state index in [1.807, 2.05) is 35.2 Å². The lowest BCUT2D eigenvalue weighted by Crippen LogP contribution is -2.40. The number of amides is 2. The first-order valence-corrected chi connectivity index (χ1v) is 13.9. The summed E-state index contributed by atoms with van der Waals surface area (Å²) in [6.07, 6.45) is 4.14. The van der Waals surface area contributed by atoms with Crippen molar-refractivity contribution >= 4 is 11.8 Å². The van der Waals surface area contributed by atoms with Gasteiger partial charge in [0.25, 0.3) is 11.8 Å². The predicted molar refractivity (Wildman–Crippen MR) is 156 cm³/mol. The van der Waals surface area contributed by atoms with Crippen LogP contribution in [0.1, 0.15) is 49.9 Å². The van der Waals surface area contributed by atoms with E-state index in [4.69, 9.17) is 18.9 Å². The number of ether oxygens (including phenoxy) is 4. The molecule has 3 aliphatic rings. The van der Waals surface area contributed by atoms with E-state index in [-0.39, 0.29) is 24.6 Å². The number of fused-ring (bicyclic) bond motifs is 6. The molecule has 43 heavy (non-hydrogen) atoms. The molecule has 4 heterocycles. The Morgan fingerprint density at radius 2 is 1.84 bits per heavy atom.